The summed E-state index contributed by atoms with van der Waals surface area (Å²) in [5, 5.41) is 61.0. The van der Waals surface area contributed by atoms with Crippen LogP contribution in [-0.2, 0) is 0 Å². The van der Waals surface area contributed by atoms with E-state index < -0.39 is 0 Å². The van der Waals surface area contributed by atoms with E-state index in [2.05, 4.69) is 12.2 Å². The van der Waals surface area contributed by atoms with E-state index in [1.165, 1.54) is 82.3 Å². The van der Waals surface area contributed by atoms with Gasteiger partial charge in [0.25, 0.3) is 20.7 Å². The summed E-state index contributed by atoms with van der Waals surface area (Å²) in [6, 6.07) is 0. The van der Waals surface area contributed by atoms with Gasteiger partial charge in [-0.3, -0.25) is 44.6 Å². The van der Waals surface area contributed by atoms with Crippen molar-refractivity contribution in [1.82, 2.24) is 0 Å². The molecule has 0 aliphatic carbocycles. The van der Waals surface area contributed by atoms with Crippen molar-refractivity contribution in [2.75, 3.05) is 93.8 Å². The summed E-state index contributed by atoms with van der Waals surface area (Å²) >= 11 is 20.6. The van der Waals surface area contributed by atoms with E-state index in [0.717, 1.165) is 46.0 Å². The Hall–Kier alpha value is 2.27. The molecule has 13 nitrogen and oxygen atoms in total. The minimum Gasteiger partial charge on any atom is -1.00 e. The number of hydrogen-bond acceptors (Lipinski definition) is 15. The van der Waals surface area contributed by atoms with Gasteiger partial charge in [0.2, 0.25) is 0 Å². The molecule has 0 aliphatic heterocycles. The highest BCUT2D eigenvalue weighted by molar-refractivity contribution is 8.16. The topological polar surface area (TPSA) is 313 Å². The number of amidine groups is 4. The summed E-state index contributed by atoms with van der Waals surface area (Å²) in [7, 11) is 0. The largest absolute Gasteiger partial charge is 1.00 e. The van der Waals surface area contributed by atoms with Crippen LogP contribution in [0.2, 0.25) is 0 Å². The Kier molecular flexibility index (Phi) is 83.5. The smallest absolute Gasteiger partial charge is 0.299 e. The van der Waals surface area contributed by atoms with Crippen molar-refractivity contribution in [2.45, 2.75) is 44.5 Å². The fourth-order valence-corrected chi connectivity index (χ4v) is 12.6. The highest BCUT2D eigenvalue weighted by atomic mass is 35.5. The van der Waals surface area contributed by atoms with Crippen LogP contribution in [-0.4, -0.2) is 163 Å². The summed E-state index contributed by atoms with van der Waals surface area (Å²) in [4.78, 5) is 0.500. The van der Waals surface area contributed by atoms with Crippen LogP contribution in [0.3, 0.4) is 0 Å². The Bertz CT molecular complexity index is 852. The maximum Gasteiger partial charge on any atom is 0.299 e. The highest BCUT2D eigenvalue weighted by Crippen LogP contribution is 2.26. The molecule has 0 fully saturated rings. The molecule has 0 saturated carbocycles. The van der Waals surface area contributed by atoms with Crippen molar-refractivity contribution in [3.05, 3.63) is 0 Å². The van der Waals surface area contributed by atoms with Gasteiger partial charge in [-0.05, 0) is 54.0 Å². The Labute approximate surface area is 409 Å². The molecule has 0 amide bonds. The van der Waals surface area contributed by atoms with Gasteiger partial charge in [-0.15, -0.1) is 0 Å². The molecule has 0 spiro atoms. The summed E-state index contributed by atoms with van der Waals surface area (Å²) < 4.78 is 0. The van der Waals surface area contributed by atoms with Gasteiger partial charge in [0.1, 0.15) is 0 Å². The molecule has 0 radical (unpaired) electrons. The second-order valence-electron chi connectivity index (χ2n) is 9.50. The fraction of sp³-hybridized carbons (Fsp3) is 0.821. The van der Waals surface area contributed by atoms with E-state index in [0.29, 0.717) is 70.7 Å². The van der Waals surface area contributed by atoms with Gasteiger partial charge in [-0.2, -0.15) is 70.6 Å². The first-order valence-electron chi connectivity index (χ1n) is 15.0. The van der Waals surface area contributed by atoms with E-state index in [9.17, 15) is 10.2 Å². The standard InChI is InChI=1S/C14H30N8S7.C10H22O4S3.C2H5NS.2CH4.4ClH/c15-11(16)26-3-1-24-9(7-28-13(19)20)5-23-6-10(8-29-14(21)22)25-2-4-27-12(17)18;11-1-3-15-5-9(13)7-17-8-10(14)6-16-4-2-12;1-2(3)4;;;;;;/h9-10H,1-8H2,(H3,15,16)(H3,17,18)(H3,19,20)(H3,21,22);9-14H,1-8H2;1H3,(H2,3,4);2*1H4;4*1H. The van der Waals surface area contributed by atoms with Crippen LogP contribution in [0, 0.1) is 0 Å². The molecular formula is C28H69Cl4N9O4S11. The molecule has 0 aromatic heterocycles. The normalized spacial score (nSPS) is 11.7. The van der Waals surface area contributed by atoms with E-state index in [1.54, 1.807) is 6.92 Å². The van der Waals surface area contributed by atoms with Crippen molar-refractivity contribution in [3.63, 3.8) is 0 Å². The third kappa shape index (κ3) is 73.8. The van der Waals surface area contributed by atoms with Crippen LogP contribution < -0.4 is 99.9 Å². The number of nitrogens with two attached hydrogens (primary N) is 9. The monoisotopic (exact) mass is 1090 g/mol. The van der Waals surface area contributed by atoms with Gasteiger partial charge in [0.05, 0.1) is 30.4 Å². The number of halogens is 4. The van der Waals surface area contributed by atoms with Crippen molar-refractivity contribution in [3.8, 4) is 0 Å². The molecule has 0 aromatic rings. The van der Waals surface area contributed by atoms with Crippen molar-refractivity contribution in [2.24, 2.45) is 28.7 Å². The molecule has 28 heteroatoms. The number of aliphatic hydroxyl groups is 4. The number of hydrogen-bond donors (Lipinski definition) is 13. The fourth-order valence-electron chi connectivity index (χ4n) is 2.75. The first-order valence-corrected chi connectivity index (χ1v) is 26.1. The van der Waals surface area contributed by atoms with Crippen LogP contribution in [0.1, 0.15) is 21.8 Å². The predicted octanol–water partition coefficient (Wildman–Crippen LogP) is -15.4. The highest BCUT2D eigenvalue weighted by Gasteiger charge is 2.17. The van der Waals surface area contributed by atoms with Crippen LogP contribution in [0.15, 0.2) is 0 Å². The number of thioether (sulfide) groups is 10. The van der Waals surface area contributed by atoms with E-state index in [-0.39, 0.29) is 89.9 Å². The average molecular weight is 1090 g/mol. The molecule has 4 unspecified atom stereocenters. The lowest BCUT2D eigenvalue weighted by molar-refractivity contribution is -0.110. The Morgan fingerprint density at radius 1 is 0.482 bits per heavy atom. The second-order valence-corrected chi connectivity index (χ2v) is 21.9. The molecule has 0 rings (SSSR count). The predicted molar refractivity (Wildman–Crippen MR) is 258 cm³/mol. The zero-order valence-corrected chi connectivity index (χ0v) is 42.1. The zero-order valence-electron chi connectivity index (χ0n) is 30.1. The lowest BCUT2D eigenvalue weighted by Gasteiger charge is -2.18. The number of aliphatic hydroxyl groups excluding tert-OH is 4. The molecule has 56 heavy (non-hydrogen) atoms. The molecular weight excluding hydrogens is 1020 g/mol. The first-order chi connectivity index (χ1) is 23.6. The first kappa shape index (κ1) is 78.7. The minimum absolute atomic E-state index is 0. The number of thiocarbonyl (C=S) groups is 1. The van der Waals surface area contributed by atoms with Gasteiger partial charge in [0.15, 0.2) is 0 Å². The van der Waals surface area contributed by atoms with Crippen molar-refractivity contribution < 1.29 is 91.7 Å². The third-order valence-electron chi connectivity index (χ3n) is 4.60. The van der Waals surface area contributed by atoms with Gasteiger partial charge >= 0.3 is 0 Å². The van der Waals surface area contributed by atoms with Gasteiger partial charge < -0.3 is 75.8 Å². The SMILES string of the molecule is C.C.CC(N)=S.NC(=[NH2+])SCCSC(CSCC(CSC(N)=[NH2+])SCCSC(N)=[NH2+])CSC(N)=[NH2+].OCCSCC(O)CSCC(O)CSCCO.[Cl-].[Cl-].[Cl-].[Cl-]. The van der Waals surface area contributed by atoms with E-state index >= 15 is 0 Å². The molecule has 0 bridgehead atoms. The molecule has 4 atom stereocenters. The zero-order chi connectivity index (χ0) is 38.6. The summed E-state index contributed by atoms with van der Waals surface area (Å²) in [5.74, 6) is 11.3. The van der Waals surface area contributed by atoms with Gasteiger partial charge in [-0.1, -0.05) is 27.1 Å². The molecule has 0 aliphatic rings. The van der Waals surface area contributed by atoms with Crippen LogP contribution in [0.4, 0.5) is 0 Å². The third-order valence-corrected chi connectivity index (χ3v) is 16.4. The average Bonchev–Trinajstić information content (AvgIpc) is 3.02. The summed E-state index contributed by atoms with van der Waals surface area (Å²) in [5.41, 5.74) is 27.1. The quantitative estimate of drug-likeness (QED) is 0.0150. The van der Waals surface area contributed by atoms with E-state index in [1.807, 2.05) is 35.3 Å². The maximum atomic E-state index is 9.56. The Balaban J connectivity index is -0.000000101. The van der Waals surface area contributed by atoms with Gasteiger partial charge in [0, 0.05) is 91.0 Å². The van der Waals surface area contributed by atoms with Crippen molar-refractivity contribution in [1.29, 1.82) is 0 Å². The van der Waals surface area contributed by atoms with Crippen LogP contribution >= 0.6 is 130 Å². The summed E-state index contributed by atoms with van der Waals surface area (Å²) in [6.07, 6.45) is -0.761. The summed E-state index contributed by atoms with van der Waals surface area (Å²) in [6.45, 7) is 1.96. The minimum atomic E-state index is -0.381. The molecule has 0 aromatic carbocycles. The van der Waals surface area contributed by atoms with Crippen LogP contribution in [0.5, 0.6) is 0 Å². The maximum absolute atomic E-state index is 9.56. The lowest BCUT2D eigenvalue weighted by Crippen LogP contribution is -3.00. The van der Waals surface area contributed by atoms with E-state index in [4.69, 9.17) is 60.5 Å². The van der Waals surface area contributed by atoms with Crippen LogP contribution in [0.25, 0.3) is 0 Å². The molecule has 0 heterocycles. The Morgan fingerprint density at radius 2 is 0.750 bits per heavy atom. The van der Waals surface area contributed by atoms with Crippen molar-refractivity contribution >= 4 is 155 Å². The number of rotatable bonds is 28. The molecule has 0 saturated heterocycles. The molecule has 344 valence electrons. The molecule has 22 N–H and O–H groups in total. The van der Waals surface area contributed by atoms with Gasteiger partial charge in [-0.25, -0.2) is 0 Å². The second kappa shape index (κ2) is 59.4. The lowest BCUT2D eigenvalue weighted by atomic mass is 10.5. The Morgan fingerprint density at radius 3 is 1.02 bits per heavy atom.